The lowest BCUT2D eigenvalue weighted by Crippen LogP contribution is -2.19. The van der Waals surface area contributed by atoms with Crippen LogP contribution in [0.1, 0.15) is 32.3 Å². The first kappa shape index (κ1) is 15.9. The van der Waals surface area contributed by atoms with Gasteiger partial charge in [0.15, 0.2) is 11.6 Å². The van der Waals surface area contributed by atoms with Gasteiger partial charge in [0.1, 0.15) is 6.61 Å². The monoisotopic (exact) mass is 269 g/mol. The molecule has 0 spiro atoms. The van der Waals surface area contributed by atoms with E-state index in [1.165, 1.54) is 6.07 Å². The van der Waals surface area contributed by atoms with E-state index >= 15 is 0 Å². The maximum absolute atomic E-state index is 13.7. The molecule has 108 valence electrons. The predicted molar refractivity (Wildman–Crippen MR) is 75.0 cm³/mol. The van der Waals surface area contributed by atoms with Gasteiger partial charge < -0.3 is 15.2 Å². The van der Waals surface area contributed by atoms with Gasteiger partial charge in [-0.25, -0.2) is 4.39 Å². The lowest BCUT2D eigenvalue weighted by molar-refractivity contribution is 0.0963. The summed E-state index contributed by atoms with van der Waals surface area (Å²) in [5.41, 5.74) is 6.56. The van der Waals surface area contributed by atoms with Crippen molar-refractivity contribution in [3.05, 3.63) is 29.6 Å². The number of nitrogens with two attached hydrogens (primary N) is 1. The van der Waals surface area contributed by atoms with Crippen LogP contribution in [-0.4, -0.2) is 25.9 Å². The first-order valence-electron chi connectivity index (χ1n) is 6.88. The molecule has 3 nitrogen and oxygen atoms in total. The van der Waals surface area contributed by atoms with Gasteiger partial charge in [0.2, 0.25) is 0 Å². The second kappa shape index (κ2) is 8.88. The Balaban J connectivity index is 2.47. The van der Waals surface area contributed by atoms with Crippen LogP contribution in [0.2, 0.25) is 0 Å². The van der Waals surface area contributed by atoms with Crippen molar-refractivity contribution in [2.24, 2.45) is 5.73 Å². The van der Waals surface area contributed by atoms with Crippen LogP contribution in [0, 0.1) is 5.82 Å². The molecule has 0 amide bonds. The minimum Gasteiger partial charge on any atom is -0.488 e. The molecule has 0 fully saturated rings. The van der Waals surface area contributed by atoms with Crippen LogP contribution in [0.3, 0.4) is 0 Å². The molecule has 19 heavy (non-hydrogen) atoms. The maximum Gasteiger partial charge on any atom is 0.165 e. The fraction of sp³-hybridized carbons (Fsp3) is 0.600. The molecule has 0 aliphatic rings. The van der Waals surface area contributed by atoms with Crippen LogP contribution < -0.4 is 10.5 Å². The van der Waals surface area contributed by atoms with Gasteiger partial charge >= 0.3 is 0 Å². The number of hydrogen-bond acceptors (Lipinski definition) is 3. The molecule has 0 aromatic heterocycles. The molecular weight excluding hydrogens is 245 g/mol. The summed E-state index contributed by atoms with van der Waals surface area (Å²) in [6.45, 7) is 5.56. The fourth-order valence-electron chi connectivity index (χ4n) is 1.77. The second-order valence-electron chi connectivity index (χ2n) is 4.72. The minimum atomic E-state index is -0.341. The Bertz CT molecular complexity index is 369. The predicted octanol–water partition coefficient (Wildman–Crippen LogP) is 2.91. The lowest BCUT2D eigenvalue weighted by atomic mass is 10.1. The van der Waals surface area contributed by atoms with E-state index in [-0.39, 0.29) is 11.9 Å². The first-order chi connectivity index (χ1) is 9.15. The highest BCUT2D eigenvalue weighted by Gasteiger charge is 2.11. The third-order valence-corrected chi connectivity index (χ3v) is 2.71. The molecule has 4 heteroatoms. The topological polar surface area (TPSA) is 44.5 Å². The number of unbranched alkanes of at least 4 members (excludes halogenated alkanes) is 1. The van der Waals surface area contributed by atoms with Crippen molar-refractivity contribution >= 4 is 0 Å². The van der Waals surface area contributed by atoms with E-state index in [4.69, 9.17) is 15.2 Å². The molecule has 0 radical (unpaired) electrons. The molecule has 1 unspecified atom stereocenters. The number of halogens is 1. The van der Waals surface area contributed by atoms with Gasteiger partial charge in [-0.15, -0.1) is 0 Å². The van der Waals surface area contributed by atoms with E-state index in [2.05, 4.69) is 6.92 Å². The zero-order valence-corrected chi connectivity index (χ0v) is 11.8. The standard InChI is InChI=1S/C15H24FNO2/c1-3-4-8-18-9-10-19-15-13(11-12(2)17)6-5-7-14(15)16/h5-7,12H,3-4,8-11,17H2,1-2H3. The zero-order chi connectivity index (χ0) is 14.1. The molecule has 0 heterocycles. The lowest BCUT2D eigenvalue weighted by Gasteiger charge is -2.14. The Labute approximate surface area is 114 Å². The van der Waals surface area contributed by atoms with Gasteiger partial charge in [-0.1, -0.05) is 25.5 Å². The normalized spacial score (nSPS) is 12.4. The molecule has 1 atom stereocenters. The average molecular weight is 269 g/mol. The largest absolute Gasteiger partial charge is 0.488 e. The Morgan fingerprint density at radius 3 is 2.74 bits per heavy atom. The number of benzene rings is 1. The van der Waals surface area contributed by atoms with Crippen molar-refractivity contribution in [3.8, 4) is 5.75 Å². The summed E-state index contributed by atoms with van der Waals surface area (Å²) in [7, 11) is 0. The Kier molecular flexibility index (Phi) is 7.45. The quantitative estimate of drug-likeness (QED) is 0.701. The van der Waals surface area contributed by atoms with Crippen molar-refractivity contribution in [1.82, 2.24) is 0 Å². The summed E-state index contributed by atoms with van der Waals surface area (Å²) >= 11 is 0. The Morgan fingerprint density at radius 2 is 2.05 bits per heavy atom. The van der Waals surface area contributed by atoms with Crippen molar-refractivity contribution in [3.63, 3.8) is 0 Å². The molecule has 0 saturated carbocycles. The minimum absolute atomic E-state index is 0.0232. The SMILES string of the molecule is CCCCOCCOc1c(F)cccc1CC(C)N. The summed E-state index contributed by atoms with van der Waals surface area (Å²) in [5.74, 6) is -0.0365. The van der Waals surface area contributed by atoms with E-state index in [0.717, 1.165) is 25.0 Å². The summed E-state index contributed by atoms with van der Waals surface area (Å²) in [6.07, 6.45) is 2.74. The highest BCUT2D eigenvalue weighted by molar-refractivity contribution is 5.35. The number of para-hydroxylation sites is 1. The Morgan fingerprint density at radius 1 is 1.26 bits per heavy atom. The van der Waals surface area contributed by atoms with E-state index in [1.807, 2.05) is 13.0 Å². The summed E-state index contributed by atoms with van der Waals surface area (Å²) < 4.78 is 24.6. The highest BCUT2D eigenvalue weighted by Crippen LogP contribution is 2.23. The first-order valence-corrected chi connectivity index (χ1v) is 6.88. The van der Waals surface area contributed by atoms with Gasteiger partial charge in [0.05, 0.1) is 6.61 Å². The van der Waals surface area contributed by atoms with Gasteiger partial charge in [0.25, 0.3) is 0 Å². The number of hydrogen-bond donors (Lipinski definition) is 1. The van der Waals surface area contributed by atoms with Crippen LogP contribution in [0.25, 0.3) is 0 Å². The van der Waals surface area contributed by atoms with Crippen LogP contribution in [0.15, 0.2) is 18.2 Å². The van der Waals surface area contributed by atoms with Crippen LogP contribution in [-0.2, 0) is 11.2 Å². The molecule has 1 aromatic carbocycles. The van der Waals surface area contributed by atoms with E-state index in [1.54, 1.807) is 6.07 Å². The summed E-state index contributed by atoms with van der Waals surface area (Å²) in [5, 5.41) is 0. The molecule has 1 rings (SSSR count). The van der Waals surface area contributed by atoms with E-state index in [9.17, 15) is 4.39 Å². The summed E-state index contributed by atoms with van der Waals surface area (Å²) in [6, 6.07) is 4.90. The van der Waals surface area contributed by atoms with E-state index < -0.39 is 0 Å². The van der Waals surface area contributed by atoms with Crippen molar-refractivity contribution in [2.75, 3.05) is 19.8 Å². The molecule has 0 bridgehead atoms. The third-order valence-electron chi connectivity index (χ3n) is 2.71. The third kappa shape index (κ3) is 6.03. The van der Waals surface area contributed by atoms with Crippen LogP contribution >= 0.6 is 0 Å². The van der Waals surface area contributed by atoms with Gasteiger partial charge in [-0.2, -0.15) is 0 Å². The van der Waals surface area contributed by atoms with Crippen molar-refractivity contribution in [2.45, 2.75) is 39.2 Å². The Hall–Kier alpha value is -1.13. The highest BCUT2D eigenvalue weighted by atomic mass is 19.1. The van der Waals surface area contributed by atoms with Crippen molar-refractivity contribution in [1.29, 1.82) is 0 Å². The fourth-order valence-corrected chi connectivity index (χ4v) is 1.77. The van der Waals surface area contributed by atoms with Crippen LogP contribution in [0.5, 0.6) is 5.75 Å². The van der Waals surface area contributed by atoms with Crippen LogP contribution in [0.4, 0.5) is 4.39 Å². The van der Waals surface area contributed by atoms with Gasteiger partial charge in [0, 0.05) is 12.6 Å². The number of ether oxygens (including phenoxy) is 2. The van der Waals surface area contributed by atoms with Crippen molar-refractivity contribution < 1.29 is 13.9 Å². The summed E-state index contributed by atoms with van der Waals surface area (Å²) in [4.78, 5) is 0. The van der Waals surface area contributed by atoms with E-state index in [0.29, 0.717) is 25.4 Å². The molecule has 0 aliphatic carbocycles. The smallest absolute Gasteiger partial charge is 0.165 e. The average Bonchev–Trinajstić information content (AvgIpc) is 2.35. The maximum atomic E-state index is 13.7. The molecule has 1 aromatic rings. The van der Waals surface area contributed by atoms with Gasteiger partial charge in [-0.05, 0) is 31.4 Å². The second-order valence-corrected chi connectivity index (χ2v) is 4.72. The van der Waals surface area contributed by atoms with Gasteiger partial charge in [-0.3, -0.25) is 0 Å². The molecule has 0 saturated heterocycles. The molecular formula is C15H24FNO2. The molecule has 2 N–H and O–H groups in total. The zero-order valence-electron chi connectivity index (χ0n) is 11.8. The number of rotatable bonds is 9. The molecule has 0 aliphatic heterocycles.